The zero-order valence-corrected chi connectivity index (χ0v) is 15.6. The Morgan fingerprint density at radius 3 is 2.67 bits per heavy atom. The molecule has 146 valence electrons. The van der Waals surface area contributed by atoms with Crippen LogP contribution in [0.15, 0.2) is 35.9 Å². The van der Waals surface area contributed by atoms with Gasteiger partial charge < -0.3 is 14.8 Å². The summed E-state index contributed by atoms with van der Waals surface area (Å²) in [4.78, 5) is 34.9. The number of nitrogens with one attached hydrogen (secondary N) is 2. The Balaban J connectivity index is 1.57. The fourth-order valence-corrected chi connectivity index (χ4v) is 2.72. The van der Waals surface area contributed by atoms with Crippen molar-refractivity contribution in [2.45, 2.75) is 39.0 Å². The predicted molar refractivity (Wildman–Crippen MR) is 100 cm³/mol. The number of esters is 1. The molecule has 0 unspecified atom stereocenters. The van der Waals surface area contributed by atoms with E-state index in [1.807, 2.05) is 19.1 Å². The van der Waals surface area contributed by atoms with Crippen molar-refractivity contribution < 1.29 is 23.9 Å². The van der Waals surface area contributed by atoms with Gasteiger partial charge in [-0.15, -0.1) is 0 Å². The van der Waals surface area contributed by atoms with Gasteiger partial charge in [0, 0.05) is 6.54 Å². The van der Waals surface area contributed by atoms with Gasteiger partial charge in [0.25, 0.3) is 5.91 Å². The Hall–Kier alpha value is -2.83. The molecule has 27 heavy (non-hydrogen) atoms. The van der Waals surface area contributed by atoms with Crippen LogP contribution < -0.4 is 15.4 Å². The number of imide groups is 1. The van der Waals surface area contributed by atoms with E-state index in [1.54, 1.807) is 12.1 Å². The fourth-order valence-electron chi connectivity index (χ4n) is 2.72. The molecule has 2 rings (SSSR count). The number of benzene rings is 1. The number of hydrogen-bond donors (Lipinski definition) is 2. The van der Waals surface area contributed by atoms with Gasteiger partial charge in [0.1, 0.15) is 5.75 Å². The number of aryl methyl sites for hydroxylation is 1. The van der Waals surface area contributed by atoms with E-state index in [-0.39, 0.29) is 6.61 Å². The first-order valence-electron chi connectivity index (χ1n) is 9.14. The lowest BCUT2D eigenvalue weighted by Gasteiger charge is -2.13. The third-order valence-corrected chi connectivity index (χ3v) is 4.17. The van der Waals surface area contributed by atoms with Gasteiger partial charge in [-0.1, -0.05) is 29.8 Å². The maximum absolute atomic E-state index is 11.7. The molecule has 0 bridgehead atoms. The summed E-state index contributed by atoms with van der Waals surface area (Å²) >= 11 is 0. The van der Waals surface area contributed by atoms with E-state index in [1.165, 1.54) is 18.4 Å². The second-order valence-corrected chi connectivity index (χ2v) is 6.38. The van der Waals surface area contributed by atoms with Crippen molar-refractivity contribution in [3.8, 4) is 5.75 Å². The lowest BCUT2D eigenvalue weighted by molar-refractivity contribution is -0.150. The van der Waals surface area contributed by atoms with Gasteiger partial charge in [0.15, 0.2) is 13.2 Å². The van der Waals surface area contributed by atoms with Crippen molar-refractivity contribution in [1.82, 2.24) is 10.6 Å². The molecule has 7 heteroatoms. The zero-order chi connectivity index (χ0) is 19.5. The average molecular weight is 374 g/mol. The quantitative estimate of drug-likeness (QED) is 0.539. The monoisotopic (exact) mass is 374 g/mol. The standard InChI is InChI=1S/C20H26N2O5/c1-15-7-5-6-10-17(15)26-14-19(24)27-13-18(23)22-20(25)21-12-11-16-8-3-2-4-9-16/h5-8,10H,2-4,9,11-14H2,1H3,(H2,21,22,23,25). The van der Waals surface area contributed by atoms with Crippen LogP contribution in [0.1, 0.15) is 37.7 Å². The molecule has 0 fully saturated rings. The molecule has 1 aromatic carbocycles. The van der Waals surface area contributed by atoms with Crippen LogP contribution in [0.25, 0.3) is 0 Å². The largest absolute Gasteiger partial charge is 0.482 e. The number of carbonyl (C=O) groups is 3. The maximum Gasteiger partial charge on any atom is 0.344 e. The van der Waals surface area contributed by atoms with Crippen LogP contribution in [0.2, 0.25) is 0 Å². The first-order valence-corrected chi connectivity index (χ1v) is 9.14. The van der Waals surface area contributed by atoms with E-state index >= 15 is 0 Å². The second-order valence-electron chi connectivity index (χ2n) is 6.38. The first-order chi connectivity index (χ1) is 13.0. The Morgan fingerprint density at radius 2 is 1.93 bits per heavy atom. The van der Waals surface area contributed by atoms with Crippen molar-refractivity contribution in [2.75, 3.05) is 19.8 Å². The second kappa shape index (κ2) is 11.0. The number of rotatable bonds is 8. The summed E-state index contributed by atoms with van der Waals surface area (Å²) in [6.07, 6.45) is 7.58. The van der Waals surface area contributed by atoms with Crippen LogP contribution in [0.5, 0.6) is 5.75 Å². The summed E-state index contributed by atoms with van der Waals surface area (Å²) in [5.41, 5.74) is 2.24. The number of amides is 3. The van der Waals surface area contributed by atoms with Crippen molar-refractivity contribution in [3.05, 3.63) is 41.5 Å². The van der Waals surface area contributed by atoms with Crippen LogP contribution in [0.3, 0.4) is 0 Å². The minimum absolute atomic E-state index is 0.306. The summed E-state index contributed by atoms with van der Waals surface area (Å²) in [5.74, 6) is -0.793. The highest BCUT2D eigenvalue weighted by molar-refractivity contribution is 5.95. The summed E-state index contributed by atoms with van der Waals surface area (Å²) in [7, 11) is 0. The molecule has 7 nitrogen and oxygen atoms in total. The number of para-hydroxylation sites is 1. The van der Waals surface area contributed by atoms with Crippen LogP contribution in [-0.4, -0.2) is 37.7 Å². The number of allylic oxidation sites excluding steroid dienone is 1. The summed E-state index contributed by atoms with van der Waals surface area (Å²) in [6, 6.07) is 6.66. The zero-order valence-electron chi connectivity index (χ0n) is 15.6. The van der Waals surface area contributed by atoms with Gasteiger partial charge in [-0.25, -0.2) is 9.59 Å². The van der Waals surface area contributed by atoms with Crippen LogP contribution >= 0.6 is 0 Å². The molecule has 0 aliphatic heterocycles. The third-order valence-electron chi connectivity index (χ3n) is 4.17. The van der Waals surface area contributed by atoms with E-state index in [4.69, 9.17) is 9.47 Å². The summed E-state index contributed by atoms with van der Waals surface area (Å²) in [5, 5.41) is 4.75. The predicted octanol–water partition coefficient (Wildman–Crippen LogP) is 2.63. The minimum Gasteiger partial charge on any atom is -0.482 e. The van der Waals surface area contributed by atoms with Gasteiger partial charge in [0.2, 0.25) is 0 Å². The molecular weight excluding hydrogens is 348 g/mol. The van der Waals surface area contributed by atoms with Crippen LogP contribution in [0, 0.1) is 6.92 Å². The van der Waals surface area contributed by atoms with Crippen LogP contribution in [0.4, 0.5) is 4.79 Å². The molecular formula is C20H26N2O5. The lowest BCUT2D eigenvalue weighted by Crippen LogP contribution is -2.42. The highest BCUT2D eigenvalue weighted by atomic mass is 16.6. The highest BCUT2D eigenvalue weighted by Crippen LogP contribution is 2.19. The molecule has 2 N–H and O–H groups in total. The smallest absolute Gasteiger partial charge is 0.344 e. The van der Waals surface area contributed by atoms with Gasteiger partial charge in [0.05, 0.1) is 0 Å². The van der Waals surface area contributed by atoms with E-state index in [0.717, 1.165) is 24.8 Å². The Labute approximate surface area is 159 Å². The highest BCUT2D eigenvalue weighted by Gasteiger charge is 2.12. The number of ether oxygens (including phenoxy) is 2. The normalized spacial score (nSPS) is 13.3. The van der Waals surface area contributed by atoms with Crippen LogP contribution in [-0.2, 0) is 14.3 Å². The summed E-state index contributed by atoms with van der Waals surface area (Å²) in [6.45, 7) is 1.49. The van der Waals surface area contributed by atoms with Crippen molar-refractivity contribution in [2.24, 2.45) is 0 Å². The van der Waals surface area contributed by atoms with E-state index in [0.29, 0.717) is 12.3 Å². The van der Waals surface area contributed by atoms with Gasteiger partial charge in [-0.3, -0.25) is 10.1 Å². The Morgan fingerprint density at radius 1 is 1.11 bits per heavy atom. The number of hydrogen-bond acceptors (Lipinski definition) is 5. The molecule has 0 atom stereocenters. The first kappa shape index (κ1) is 20.5. The Bertz CT molecular complexity index is 699. The van der Waals surface area contributed by atoms with E-state index < -0.39 is 24.5 Å². The molecule has 0 spiro atoms. The third kappa shape index (κ3) is 7.94. The van der Waals surface area contributed by atoms with Crippen molar-refractivity contribution in [1.29, 1.82) is 0 Å². The summed E-state index contributed by atoms with van der Waals surface area (Å²) < 4.78 is 10.1. The lowest BCUT2D eigenvalue weighted by atomic mass is 9.97. The molecule has 0 heterocycles. The number of carbonyl (C=O) groups excluding carboxylic acids is 3. The fraction of sp³-hybridized carbons (Fsp3) is 0.450. The minimum atomic E-state index is -0.686. The molecule has 1 aliphatic rings. The molecule has 0 aromatic heterocycles. The maximum atomic E-state index is 11.7. The van der Waals surface area contributed by atoms with E-state index in [9.17, 15) is 14.4 Å². The SMILES string of the molecule is Cc1ccccc1OCC(=O)OCC(=O)NC(=O)NCCC1=CCCCC1. The Kier molecular flexibility index (Phi) is 8.35. The average Bonchev–Trinajstić information content (AvgIpc) is 2.66. The van der Waals surface area contributed by atoms with Gasteiger partial charge in [-0.2, -0.15) is 0 Å². The van der Waals surface area contributed by atoms with Crippen molar-refractivity contribution >= 4 is 17.9 Å². The molecule has 1 aliphatic carbocycles. The van der Waals surface area contributed by atoms with E-state index in [2.05, 4.69) is 16.7 Å². The molecule has 0 saturated heterocycles. The number of urea groups is 1. The van der Waals surface area contributed by atoms with Crippen molar-refractivity contribution in [3.63, 3.8) is 0 Å². The van der Waals surface area contributed by atoms with Gasteiger partial charge >= 0.3 is 12.0 Å². The molecule has 3 amide bonds. The topological polar surface area (TPSA) is 93.7 Å². The molecule has 1 aromatic rings. The molecule has 0 radical (unpaired) electrons. The van der Waals surface area contributed by atoms with Gasteiger partial charge in [-0.05, 0) is 50.7 Å². The molecule has 0 saturated carbocycles.